The fraction of sp³-hybridized carbons (Fsp3) is 0.136. The van der Waals surface area contributed by atoms with Crippen LogP contribution in [0.1, 0.15) is 15.9 Å². The zero-order valence-electron chi connectivity index (χ0n) is 14.4. The number of ether oxygens (including phenoxy) is 2. The molecule has 0 saturated heterocycles. The quantitative estimate of drug-likeness (QED) is 0.398. The van der Waals surface area contributed by atoms with E-state index in [2.05, 4.69) is 40.2 Å². The van der Waals surface area contributed by atoms with E-state index < -0.39 is 0 Å². The van der Waals surface area contributed by atoms with Crippen LogP contribution in [0.5, 0.6) is 5.75 Å². The molecule has 26 heavy (non-hydrogen) atoms. The third-order valence-electron chi connectivity index (χ3n) is 4.04. The Balaban J connectivity index is 1.74. The van der Waals surface area contributed by atoms with Crippen molar-refractivity contribution in [3.63, 3.8) is 0 Å². The molecule has 0 bridgehead atoms. The van der Waals surface area contributed by atoms with Gasteiger partial charge in [-0.1, -0.05) is 70.5 Å². The molecule has 0 aliphatic rings. The highest BCUT2D eigenvalue weighted by molar-refractivity contribution is 9.09. The molecule has 0 amide bonds. The van der Waals surface area contributed by atoms with Gasteiger partial charge in [-0.05, 0) is 34.7 Å². The maximum atomic E-state index is 11.5. The summed E-state index contributed by atoms with van der Waals surface area (Å²) in [4.78, 5) is 11.5. The number of halogens is 1. The molecule has 0 unspecified atom stereocenters. The Morgan fingerprint density at radius 3 is 2.46 bits per heavy atom. The van der Waals surface area contributed by atoms with Crippen LogP contribution in [-0.4, -0.2) is 25.0 Å². The van der Waals surface area contributed by atoms with Crippen molar-refractivity contribution in [1.82, 2.24) is 0 Å². The Bertz CT molecular complexity index is 924. The van der Waals surface area contributed by atoms with Crippen LogP contribution in [0.3, 0.4) is 0 Å². The SMILES string of the molecule is COC(=O)c1ccc(/C=C(\CBr)COc2cccc3ccccc23)cc1. The zero-order chi connectivity index (χ0) is 18.4. The van der Waals surface area contributed by atoms with E-state index in [1.807, 2.05) is 36.4 Å². The van der Waals surface area contributed by atoms with Crippen LogP contribution in [0.15, 0.2) is 72.3 Å². The van der Waals surface area contributed by atoms with Crippen molar-refractivity contribution in [2.24, 2.45) is 0 Å². The lowest BCUT2D eigenvalue weighted by molar-refractivity contribution is 0.0600. The minimum absolute atomic E-state index is 0.333. The molecular weight excluding hydrogens is 392 g/mol. The summed E-state index contributed by atoms with van der Waals surface area (Å²) in [5.41, 5.74) is 2.65. The molecule has 3 aromatic carbocycles. The highest BCUT2D eigenvalue weighted by Gasteiger charge is 2.05. The van der Waals surface area contributed by atoms with Crippen molar-refractivity contribution >= 4 is 38.7 Å². The van der Waals surface area contributed by atoms with Gasteiger partial charge in [-0.25, -0.2) is 4.79 Å². The van der Waals surface area contributed by atoms with Crippen LogP contribution in [0, 0.1) is 0 Å². The van der Waals surface area contributed by atoms with Crippen LogP contribution < -0.4 is 4.74 Å². The van der Waals surface area contributed by atoms with Gasteiger partial charge in [0.2, 0.25) is 0 Å². The molecule has 3 nitrogen and oxygen atoms in total. The number of alkyl halides is 1. The molecule has 0 spiro atoms. The van der Waals surface area contributed by atoms with E-state index in [1.165, 1.54) is 7.11 Å². The predicted octanol–water partition coefficient (Wildman–Crippen LogP) is 5.48. The average molecular weight is 411 g/mol. The number of benzene rings is 3. The van der Waals surface area contributed by atoms with E-state index in [9.17, 15) is 4.79 Å². The van der Waals surface area contributed by atoms with Gasteiger partial charge in [-0.15, -0.1) is 0 Å². The minimum Gasteiger partial charge on any atom is -0.489 e. The number of rotatable bonds is 6. The molecule has 0 N–H and O–H groups in total. The fourth-order valence-corrected chi connectivity index (χ4v) is 3.00. The predicted molar refractivity (Wildman–Crippen MR) is 109 cm³/mol. The Morgan fingerprint density at radius 1 is 1.00 bits per heavy atom. The molecule has 0 heterocycles. The van der Waals surface area contributed by atoms with Crippen LogP contribution in [0.25, 0.3) is 16.8 Å². The van der Waals surface area contributed by atoms with Crippen molar-refractivity contribution in [2.75, 3.05) is 19.0 Å². The average Bonchev–Trinajstić information content (AvgIpc) is 2.71. The van der Waals surface area contributed by atoms with Gasteiger partial charge in [0.05, 0.1) is 12.7 Å². The Kier molecular flexibility index (Phi) is 6.08. The smallest absolute Gasteiger partial charge is 0.337 e. The molecule has 0 aliphatic carbocycles. The summed E-state index contributed by atoms with van der Waals surface area (Å²) in [5.74, 6) is 0.538. The maximum absolute atomic E-state index is 11.5. The Morgan fingerprint density at radius 2 is 1.73 bits per heavy atom. The number of esters is 1. The number of methoxy groups -OCH3 is 1. The van der Waals surface area contributed by atoms with Crippen molar-refractivity contribution < 1.29 is 14.3 Å². The second-order valence-electron chi connectivity index (χ2n) is 5.82. The topological polar surface area (TPSA) is 35.5 Å². The van der Waals surface area contributed by atoms with E-state index in [0.29, 0.717) is 17.5 Å². The number of hydrogen-bond acceptors (Lipinski definition) is 3. The van der Waals surface area contributed by atoms with Crippen molar-refractivity contribution in [1.29, 1.82) is 0 Å². The molecule has 0 aliphatic heterocycles. The first kappa shape index (κ1) is 18.2. The van der Waals surface area contributed by atoms with E-state index in [1.54, 1.807) is 12.1 Å². The van der Waals surface area contributed by atoms with Gasteiger partial charge in [0.25, 0.3) is 0 Å². The third kappa shape index (κ3) is 4.33. The van der Waals surface area contributed by atoms with Gasteiger partial charge in [0.1, 0.15) is 12.4 Å². The van der Waals surface area contributed by atoms with Crippen molar-refractivity contribution in [3.8, 4) is 5.75 Å². The fourth-order valence-electron chi connectivity index (χ4n) is 2.68. The van der Waals surface area contributed by atoms with E-state index in [-0.39, 0.29) is 5.97 Å². The second kappa shape index (κ2) is 8.68. The summed E-state index contributed by atoms with van der Waals surface area (Å²) in [7, 11) is 1.38. The number of carbonyl (C=O) groups is 1. The standard InChI is InChI=1S/C22H19BrO3/c1-25-22(24)19-11-9-16(10-12-19)13-17(14-23)15-26-21-8-4-6-18-5-2-3-7-20(18)21/h2-13H,14-15H2,1H3/b17-13+. The third-order valence-corrected chi connectivity index (χ3v) is 4.76. The van der Waals surface area contributed by atoms with Gasteiger partial charge >= 0.3 is 5.97 Å². The monoisotopic (exact) mass is 410 g/mol. The first-order valence-electron chi connectivity index (χ1n) is 8.25. The van der Waals surface area contributed by atoms with Crippen LogP contribution >= 0.6 is 15.9 Å². The maximum Gasteiger partial charge on any atom is 0.337 e. The first-order chi connectivity index (χ1) is 12.7. The van der Waals surface area contributed by atoms with Crippen LogP contribution in [0.4, 0.5) is 0 Å². The van der Waals surface area contributed by atoms with Gasteiger partial charge in [0.15, 0.2) is 0 Å². The van der Waals surface area contributed by atoms with Gasteiger partial charge in [-0.3, -0.25) is 0 Å². The molecule has 0 saturated carbocycles. The lowest BCUT2D eigenvalue weighted by Gasteiger charge is -2.11. The molecule has 3 rings (SSSR count). The summed E-state index contributed by atoms with van der Waals surface area (Å²) in [6.45, 7) is 0.484. The number of fused-ring (bicyclic) bond motifs is 1. The highest BCUT2D eigenvalue weighted by atomic mass is 79.9. The first-order valence-corrected chi connectivity index (χ1v) is 9.38. The normalized spacial score (nSPS) is 11.4. The second-order valence-corrected chi connectivity index (χ2v) is 6.38. The van der Waals surface area contributed by atoms with Gasteiger partial charge in [0, 0.05) is 10.7 Å². The minimum atomic E-state index is -0.333. The molecule has 0 fully saturated rings. The number of hydrogen-bond donors (Lipinski definition) is 0. The molecular formula is C22H19BrO3. The Hall–Kier alpha value is -2.59. The molecule has 132 valence electrons. The van der Waals surface area contributed by atoms with Crippen molar-refractivity contribution in [2.45, 2.75) is 0 Å². The van der Waals surface area contributed by atoms with Crippen LogP contribution in [0.2, 0.25) is 0 Å². The highest BCUT2D eigenvalue weighted by Crippen LogP contribution is 2.25. The summed E-state index contributed by atoms with van der Waals surface area (Å²) >= 11 is 3.52. The molecule has 4 heteroatoms. The molecule has 0 atom stereocenters. The molecule has 0 radical (unpaired) electrons. The van der Waals surface area contributed by atoms with E-state index in [4.69, 9.17) is 9.47 Å². The largest absolute Gasteiger partial charge is 0.489 e. The van der Waals surface area contributed by atoms with E-state index in [0.717, 1.165) is 27.7 Å². The zero-order valence-corrected chi connectivity index (χ0v) is 16.0. The van der Waals surface area contributed by atoms with Crippen molar-refractivity contribution in [3.05, 3.63) is 83.4 Å². The lowest BCUT2D eigenvalue weighted by atomic mass is 10.1. The Labute approximate surface area is 161 Å². The lowest BCUT2D eigenvalue weighted by Crippen LogP contribution is -2.03. The van der Waals surface area contributed by atoms with Gasteiger partial charge < -0.3 is 9.47 Å². The summed E-state index contributed by atoms with van der Waals surface area (Å²) < 4.78 is 10.8. The summed E-state index contributed by atoms with van der Waals surface area (Å²) in [6.07, 6.45) is 2.06. The summed E-state index contributed by atoms with van der Waals surface area (Å²) in [6, 6.07) is 21.5. The van der Waals surface area contributed by atoms with E-state index >= 15 is 0 Å². The molecule has 3 aromatic rings. The summed E-state index contributed by atoms with van der Waals surface area (Å²) in [5, 5.41) is 2.97. The van der Waals surface area contributed by atoms with Crippen LogP contribution in [-0.2, 0) is 4.74 Å². The molecule has 0 aromatic heterocycles. The number of carbonyl (C=O) groups excluding carboxylic acids is 1. The van der Waals surface area contributed by atoms with Gasteiger partial charge in [-0.2, -0.15) is 0 Å².